The number of aliphatic hydroxyl groups is 1. The Labute approximate surface area is 82.3 Å². The van der Waals surface area contributed by atoms with E-state index in [1.54, 1.807) is 24.4 Å². The van der Waals surface area contributed by atoms with Crippen molar-refractivity contribution >= 4 is 11.9 Å². The summed E-state index contributed by atoms with van der Waals surface area (Å²) in [7, 11) is 0. The van der Waals surface area contributed by atoms with E-state index >= 15 is 0 Å². The van der Waals surface area contributed by atoms with Crippen LogP contribution in [-0.2, 0) is 6.61 Å². The zero-order valence-corrected chi connectivity index (χ0v) is 7.64. The highest BCUT2D eigenvalue weighted by Crippen LogP contribution is 2.11. The van der Waals surface area contributed by atoms with Gasteiger partial charge in [-0.3, -0.25) is 0 Å². The highest BCUT2D eigenvalue weighted by Gasteiger charge is 1.98. The van der Waals surface area contributed by atoms with Crippen molar-refractivity contribution in [3.05, 3.63) is 29.5 Å². The summed E-state index contributed by atoms with van der Waals surface area (Å²) >= 11 is 0. The zero-order chi connectivity index (χ0) is 10.4. The molecule has 0 radical (unpaired) electrons. The summed E-state index contributed by atoms with van der Waals surface area (Å²) in [5.74, 6) is 0.338. The molecule has 0 saturated carbocycles. The second kappa shape index (κ2) is 5.00. The van der Waals surface area contributed by atoms with Crippen LogP contribution in [0.1, 0.15) is 17.5 Å². The Morgan fingerprint density at radius 3 is 3.07 bits per heavy atom. The van der Waals surface area contributed by atoms with E-state index in [1.807, 2.05) is 6.07 Å². The molecule has 0 unspecified atom stereocenters. The Kier molecular flexibility index (Phi) is 3.65. The third-order valence-electron chi connectivity index (χ3n) is 1.71. The molecule has 1 aromatic heterocycles. The monoisotopic (exact) mass is 189 g/mol. The molecule has 0 fully saturated rings. The van der Waals surface area contributed by atoms with Gasteiger partial charge < -0.3 is 10.8 Å². The first kappa shape index (κ1) is 10.2. The molecular formula is C10H11N3O. The van der Waals surface area contributed by atoms with E-state index in [-0.39, 0.29) is 6.61 Å². The van der Waals surface area contributed by atoms with Gasteiger partial charge in [0.1, 0.15) is 5.82 Å². The van der Waals surface area contributed by atoms with Gasteiger partial charge in [-0.15, -0.1) is 0 Å². The normalized spacial score (nSPS) is 10.3. The molecule has 0 amide bonds. The van der Waals surface area contributed by atoms with Crippen molar-refractivity contribution in [2.24, 2.45) is 0 Å². The number of rotatable bonds is 3. The molecule has 1 heterocycles. The lowest BCUT2D eigenvalue weighted by molar-refractivity contribution is 0.282. The molecule has 0 atom stereocenters. The first-order valence-electron chi connectivity index (χ1n) is 4.16. The van der Waals surface area contributed by atoms with Gasteiger partial charge in [0.05, 0.1) is 19.1 Å². The van der Waals surface area contributed by atoms with E-state index in [2.05, 4.69) is 4.98 Å². The molecule has 4 nitrogen and oxygen atoms in total. The quantitative estimate of drug-likeness (QED) is 0.745. The second-order valence-electron chi connectivity index (χ2n) is 2.74. The molecule has 0 bridgehead atoms. The number of nitriles is 1. The van der Waals surface area contributed by atoms with Crippen LogP contribution >= 0.6 is 0 Å². The Morgan fingerprint density at radius 2 is 2.43 bits per heavy atom. The van der Waals surface area contributed by atoms with Gasteiger partial charge in [0.2, 0.25) is 0 Å². The molecule has 1 aromatic rings. The summed E-state index contributed by atoms with van der Waals surface area (Å²) in [5, 5.41) is 17.2. The van der Waals surface area contributed by atoms with Crippen molar-refractivity contribution in [3.8, 4) is 6.07 Å². The fourth-order valence-corrected chi connectivity index (χ4v) is 1.00. The van der Waals surface area contributed by atoms with Gasteiger partial charge in [-0.05, 0) is 11.6 Å². The Balaban J connectivity index is 2.85. The number of allylic oxidation sites excluding steroid dienone is 1. The fraction of sp³-hybridized carbons (Fsp3) is 0.200. The van der Waals surface area contributed by atoms with E-state index in [4.69, 9.17) is 16.1 Å². The predicted octanol–water partition coefficient (Wildman–Crippen LogP) is 1.08. The van der Waals surface area contributed by atoms with Gasteiger partial charge in [-0.2, -0.15) is 5.26 Å². The van der Waals surface area contributed by atoms with Crippen LogP contribution in [0.15, 0.2) is 18.3 Å². The van der Waals surface area contributed by atoms with Gasteiger partial charge in [0, 0.05) is 11.8 Å². The maximum Gasteiger partial charge on any atom is 0.128 e. The van der Waals surface area contributed by atoms with E-state index in [0.717, 1.165) is 5.56 Å². The third kappa shape index (κ3) is 2.57. The number of nitrogens with two attached hydrogens (primary N) is 1. The zero-order valence-electron chi connectivity index (χ0n) is 7.64. The largest absolute Gasteiger partial charge is 0.392 e. The highest BCUT2D eigenvalue weighted by atomic mass is 16.3. The first-order chi connectivity index (χ1) is 6.77. The van der Waals surface area contributed by atoms with Crippen molar-refractivity contribution in [1.29, 1.82) is 5.26 Å². The summed E-state index contributed by atoms with van der Waals surface area (Å²) in [6.45, 7) is -0.126. The molecule has 0 aliphatic carbocycles. The van der Waals surface area contributed by atoms with Crippen LogP contribution in [0.5, 0.6) is 0 Å². The number of aromatic nitrogens is 1. The van der Waals surface area contributed by atoms with Gasteiger partial charge in [-0.1, -0.05) is 12.2 Å². The lowest BCUT2D eigenvalue weighted by Gasteiger charge is -2.01. The molecule has 0 spiro atoms. The Hall–Kier alpha value is -1.86. The van der Waals surface area contributed by atoms with Crippen molar-refractivity contribution in [3.63, 3.8) is 0 Å². The Morgan fingerprint density at radius 1 is 1.64 bits per heavy atom. The fourth-order valence-electron chi connectivity index (χ4n) is 1.00. The lowest BCUT2D eigenvalue weighted by Crippen LogP contribution is -1.97. The number of hydrogen-bond acceptors (Lipinski definition) is 4. The smallest absolute Gasteiger partial charge is 0.128 e. The topological polar surface area (TPSA) is 82.9 Å². The number of anilines is 1. The number of nitrogens with zero attached hydrogens (tertiary/aromatic N) is 2. The van der Waals surface area contributed by atoms with Crippen LogP contribution in [0.4, 0.5) is 5.82 Å². The molecule has 0 saturated heterocycles. The van der Waals surface area contributed by atoms with E-state index in [9.17, 15) is 0 Å². The van der Waals surface area contributed by atoms with Crippen LogP contribution in [0, 0.1) is 11.3 Å². The summed E-state index contributed by atoms with van der Waals surface area (Å²) in [5.41, 5.74) is 6.94. The molecule has 1 rings (SSSR count). The minimum atomic E-state index is -0.126. The van der Waals surface area contributed by atoms with Gasteiger partial charge >= 0.3 is 0 Å². The maximum atomic E-state index is 8.92. The van der Waals surface area contributed by atoms with Gasteiger partial charge in [0.25, 0.3) is 0 Å². The SMILES string of the molecule is N#CCC=Cc1cnc(N)c(CO)c1. The van der Waals surface area contributed by atoms with E-state index in [1.165, 1.54) is 0 Å². The Bertz CT molecular complexity index is 379. The summed E-state index contributed by atoms with van der Waals surface area (Å²) < 4.78 is 0. The first-order valence-corrected chi connectivity index (χ1v) is 4.16. The standard InChI is InChI=1S/C10H11N3O/c11-4-2-1-3-8-5-9(7-14)10(12)13-6-8/h1,3,5-6,14H,2,7H2,(H2,12,13). The van der Waals surface area contributed by atoms with Crippen LogP contribution in [0.2, 0.25) is 0 Å². The van der Waals surface area contributed by atoms with Crippen molar-refractivity contribution < 1.29 is 5.11 Å². The average molecular weight is 189 g/mol. The van der Waals surface area contributed by atoms with E-state index < -0.39 is 0 Å². The van der Waals surface area contributed by atoms with Crippen LogP contribution in [-0.4, -0.2) is 10.1 Å². The van der Waals surface area contributed by atoms with Gasteiger partial charge in [0.15, 0.2) is 0 Å². The molecule has 0 aliphatic heterocycles. The highest BCUT2D eigenvalue weighted by molar-refractivity contribution is 5.53. The molecule has 14 heavy (non-hydrogen) atoms. The number of nitrogen functional groups attached to an aromatic ring is 1. The molecule has 4 heteroatoms. The number of hydrogen-bond donors (Lipinski definition) is 2. The van der Waals surface area contributed by atoms with Crippen LogP contribution in [0.3, 0.4) is 0 Å². The van der Waals surface area contributed by atoms with E-state index in [0.29, 0.717) is 17.8 Å². The molecule has 0 aliphatic rings. The summed E-state index contributed by atoms with van der Waals surface area (Å²) in [6, 6.07) is 3.74. The van der Waals surface area contributed by atoms with Crippen LogP contribution < -0.4 is 5.73 Å². The number of pyridine rings is 1. The molecule has 72 valence electrons. The summed E-state index contributed by atoms with van der Waals surface area (Å²) in [4.78, 5) is 3.91. The summed E-state index contributed by atoms with van der Waals surface area (Å²) in [6.07, 6.45) is 5.46. The minimum Gasteiger partial charge on any atom is -0.392 e. The molecular weight excluding hydrogens is 178 g/mol. The van der Waals surface area contributed by atoms with Crippen molar-refractivity contribution in [2.45, 2.75) is 13.0 Å². The number of aliphatic hydroxyl groups excluding tert-OH is 1. The average Bonchev–Trinajstić information content (AvgIpc) is 2.21. The maximum absolute atomic E-state index is 8.92. The van der Waals surface area contributed by atoms with Crippen LogP contribution in [0.25, 0.3) is 6.08 Å². The minimum absolute atomic E-state index is 0.126. The van der Waals surface area contributed by atoms with Crippen molar-refractivity contribution in [1.82, 2.24) is 4.98 Å². The third-order valence-corrected chi connectivity index (χ3v) is 1.71. The second-order valence-corrected chi connectivity index (χ2v) is 2.74. The van der Waals surface area contributed by atoms with Gasteiger partial charge in [-0.25, -0.2) is 4.98 Å². The molecule has 3 N–H and O–H groups in total. The predicted molar refractivity (Wildman–Crippen MR) is 53.8 cm³/mol. The molecule has 0 aromatic carbocycles. The lowest BCUT2D eigenvalue weighted by atomic mass is 10.2. The van der Waals surface area contributed by atoms with Crippen molar-refractivity contribution in [2.75, 3.05) is 5.73 Å².